The normalized spacial score (nSPS) is 39.3. The molecule has 0 N–H and O–H groups in total. The highest BCUT2D eigenvalue weighted by atomic mass is 16.1. The summed E-state index contributed by atoms with van der Waals surface area (Å²) in [6.45, 7) is 14.6. The highest BCUT2D eigenvalue weighted by molar-refractivity contribution is 5.92. The minimum atomic E-state index is 0.194. The summed E-state index contributed by atoms with van der Waals surface area (Å²) in [6, 6.07) is 0. The van der Waals surface area contributed by atoms with Gasteiger partial charge in [-0.3, -0.25) is 4.79 Å². The Bertz CT molecular complexity index is 765. The van der Waals surface area contributed by atoms with E-state index >= 15 is 0 Å². The maximum atomic E-state index is 12.0. The Balaban J connectivity index is 1.60. The fraction of sp³-hybridized carbons (Fsp3) is 0.750. The van der Waals surface area contributed by atoms with Gasteiger partial charge in [0.25, 0.3) is 0 Å². The van der Waals surface area contributed by atoms with Crippen molar-refractivity contribution in [1.82, 2.24) is 0 Å². The van der Waals surface area contributed by atoms with Gasteiger partial charge in [-0.25, -0.2) is 0 Å². The molecule has 6 unspecified atom stereocenters. The number of carbonyl (C=O) groups excluding carboxylic acids is 1. The van der Waals surface area contributed by atoms with Crippen LogP contribution in [0.2, 0.25) is 0 Å². The lowest BCUT2D eigenvalue weighted by atomic mass is 9.53. The zero-order chi connectivity index (χ0) is 21.0. The zero-order valence-corrected chi connectivity index (χ0v) is 19.7. The third kappa shape index (κ3) is 3.41. The fourth-order valence-corrected chi connectivity index (χ4v) is 7.41. The molecular formula is C28H42O. The van der Waals surface area contributed by atoms with Gasteiger partial charge in [0.15, 0.2) is 5.78 Å². The average molecular weight is 395 g/mol. The third-order valence-electron chi connectivity index (χ3n) is 9.78. The molecule has 4 aliphatic rings. The molecule has 160 valence electrons. The number of hydrogen-bond acceptors (Lipinski definition) is 1. The van der Waals surface area contributed by atoms with Gasteiger partial charge in [-0.1, -0.05) is 70.4 Å². The van der Waals surface area contributed by atoms with E-state index in [4.69, 9.17) is 0 Å². The zero-order valence-electron chi connectivity index (χ0n) is 19.7. The summed E-state index contributed by atoms with van der Waals surface area (Å²) in [6.07, 6.45) is 16.6. The number of ketones is 1. The van der Waals surface area contributed by atoms with E-state index in [0.29, 0.717) is 23.0 Å². The highest BCUT2D eigenvalue weighted by Gasteiger charge is 2.54. The molecule has 1 heteroatoms. The molecule has 1 fully saturated rings. The van der Waals surface area contributed by atoms with Gasteiger partial charge in [-0.05, 0) is 86.0 Å². The third-order valence-corrected chi connectivity index (χ3v) is 9.78. The molecule has 0 aromatic carbocycles. The van der Waals surface area contributed by atoms with Crippen LogP contribution in [-0.2, 0) is 4.79 Å². The van der Waals surface area contributed by atoms with Crippen molar-refractivity contribution in [2.45, 2.75) is 92.9 Å². The van der Waals surface area contributed by atoms with Gasteiger partial charge in [0.1, 0.15) is 0 Å². The van der Waals surface area contributed by atoms with Gasteiger partial charge in [0.2, 0.25) is 0 Å². The first-order valence-corrected chi connectivity index (χ1v) is 12.3. The first-order chi connectivity index (χ1) is 13.7. The SMILES string of the molecule is CC(C)C(C)/C=C/C(C)C1CCC2C3=C(CCC21C)C1(C)CCC(=O)C=C1CC3. The molecule has 0 aromatic heterocycles. The van der Waals surface area contributed by atoms with Crippen molar-refractivity contribution in [3.05, 3.63) is 34.9 Å². The topological polar surface area (TPSA) is 17.1 Å². The fourth-order valence-electron chi connectivity index (χ4n) is 7.41. The lowest BCUT2D eigenvalue weighted by Crippen LogP contribution is -2.41. The van der Waals surface area contributed by atoms with Gasteiger partial charge in [0.05, 0.1) is 0 Å². The van der Waals surface area contributed by atoms with Crippen LogP contribution in [-0.4, -0.2) is 5.78 Å². The van der Waals surface area contributed by atoms with Crippen LogP contribution in [0, 0.1) is 40.4 Å². The average Bonchev–Trinajstić information content (AvgIpc) is 3.03. The summed E-state index contributed by atoms with van der Waals surface area (Å²) in [5, 5.41) is 0. The molecule has 4 aliphatic carbocycles. The molecule has 0 aromatic rings. The van der Waals surface area contributed by atoms with E-state index in [9.17, 15) is 4.79 Å². The standard InChI is InChI=1S/C28H42O/c1-18(2)19(3)7-8-20(4)24-11-12-25-23-10-9-21-17-22(29)13-15-27(21,5)26(23)14-16-28(24,25)6/h7-8,17-20,24-25H,9-16H2,1-6H3/b8-7+. The van der Waals surface area contributed by atoms with Crippen molar-refractivity contribution in [2.75, 3.05) is 0 Å². The Kier molecular flexibility index (Phi) is 5.50. The Morgan fingerprint density at radius 2 is 1.72 bits per heavy atom. The van der Waals surface area contributed by atoms with Crippen LogP contribution in [0.25, 0.3) is 0 Å². The molecule has 6 atom stereocenters. The molecule has 0 bridgehead atoms. The van der Waals surface area contributed by atoms with Gasteiger partial charge in [-0.15, -0.1) is 0 Å². The lowest BCUT2D eigenvalue weighted by molar-refractivity contribution is -0.115. The summed E-state index contributed by atoms with van der Waals surface area (Å²) in [4.78, 5) is 12.0. The summed E-state index contributed by atoms with van der Waals surface area (Å²) < 4.78 is 0. The van der Waals surface area contributed by atoms with E-state index in [0.717, 1.165) is 37.0 Å². The Labute approximate surface area is 179 Å². The summed E-state index contributed by atoms with van der Waals surface area (Å²) in [5.74, 6) is 4.02. The molecule has 0 radical (unpaired) electrons. The predicted molar refractivity (Wildman–Crippen MR) is 123 cm³/mol. The Hall–Kier alpha value is -1.11. The molecule has 0 aliphatic heterocycles. The molecule has 29 heavy (non-hydrogen) atoms. The van der Waals surface area contributed by atoms with E-state index in [-0.39, 0.29) is 5.41 Å². The van der Waals surface area contributed by atoms with Crippen LogP contribution in [0.4, 0.5) is 0 Å². The largest absolute Gasteiger partial charge is 0.295 e. The molecule has 0 heterocycles. The Morgan fingerprint density at radius 1 is 0.966 bits per heavy atom. The minimum Gasteiger partial charge on any atom is -0.295 e. The van der Waals surface area contributed by atoms with Crippen LogP contribution in [0.15, 0.2) is 34.9 Å². The number of rotatable bonds is 4. The Morgan fingerprint density at radius 3 is 2.45 bits per heavy atom. The van der Waals surface area contributed by atoms with E-state index < -0.39 is 0 Å². The van der Waals surface area contributed by atoms with E-state index in [2.05, 4.69) is 53.7 Å². The maximum Gasteiger partial charge on any atom is 0.155 e. The summed E-state index contributed by atoms with van der Waals surface area (Å²) in [5.41, 5.74) is 5.68. The monoisotopic (exact) mass is 394 g/mol. The van der Waals surface area contributed by atoms with Crippen LogP contribution in [0.5, 0.6) is 0 Å². The van der Waals surface area contributed by atoms with Gasteiger partial charge < -0.3 is 0 Å². The van der Waals surface area contributed by atoms with Crippen molar-refractivity contribution in [2.24, 2.45) is 40.4 Å². The summed E-state index contributed by atoms with van der Waals surface area (Å²) in [7, 11) is 0. The van der Waals surface area contributed by atoms with Crippen LogP contribution in [0.1, 0.15) is 92.9 Å². The second-order valence-corrected chi connectivity index (χ2v) is 11.6. The van der Waals surface area contributed by atoms with Crippen LogP contribution >= 0.6 is 0 Å². The molecule has 0 spiro atoms. The maximum absolute atomic E-state index is 12.0. The van der Waals surface area contributed by atoms with E-state index in [1.807, 2.05) is 11.6 Å². The summed E-state index contributed by atoms with van der Waals surface area (Å²) >= 11 is 0. The number of hydrogen-bond donors (Lipinski definition) is 0. The molecule has 4 rings (SSSR count). The van der Waals surface area contributed by atoms with Crippen molar-refractivity contribution in [3.8, 4) is 0 Å². The number of carbonyl (C=O) groups is 1. The van der Waals surface area contributed by atoms with Crippen molar-refractivity contribution in [1.29, 1.82) is 0 Å². The number of allylic oxidation sites excluding steroid dienone is 6. The van der Waals surface area contributed by atoms with E-state index in [1.54, 1.807) is 5.57 Å². The van der Waals surface area contributed by atoms with Crippen LogP contribution < -0.4 is 0 Å². The second kappa shape index (κ2) is 7.54. The molecule has 1 saturated carbocycles. The first kappa shape index (κ1) is 21.1. The van der Waals surface area contributed by atoms with Gasteiger partial charge in [0, 0.05) is 11.8 Å². The smallest absolute Gasteiger partial charge is 0.155 e. The van der Waals surface area contributed by atoms with Crippen molar-refractivity contribution < 1.29 is 4.79 Å². The molecule has 0 amide bonds. The quantitative estimate of drug-likeness (QED) is 0.447. The predicted octanol–water partition coefficient (Wildman–Crippen LogP) is 7.68. The lowest BCUT2D eigenvalue weighted by Gasteiger charge is -2.52. The van der Waals surface area contributed by atoms with Crippen molar-refractivity contribution >= 4 is 5.78 Å². The second-order valence-electron chi connectivity index (χ2n) is 11.6. The molecule has 0 saturated heterocycles. The van der Waals surface area contributed by atoms with E-state index in [1.165, 1.54) is 37.7 Å². The number of fused-ring (bicyclic) bond motifs is 4. The molecule has 1 nitrogen and oxygen atoms in total. The van der Waals surface area contributed by atoms with Crippen LogP contribution in [0.3, 0.4) is 0 Å². The minimum absolute atomic E-state index is 0.194. The van der Waals surface area contributed by atoms with Gasteiger partial charge in [-0.2, -0.15) is 0 Å². The van der Waals surface area contributed by atoms with Gasteiger partial charge >= 0.3 is 0 Å². The highest BCUT2D eigenvalue weighted by Crippen LogP contribution is 2.65. The van der Waals surface area contributed by atoms with Crippen molar-refractivity contribution in [3.63, 3.8) is 0 Å². The molecular weight excluding hydrogens is 352 g/mol. The first-order valence-electron chi connectivity index (χ1n) is 12.3.